The summed E-state index contributed by atoms with van der Waals surface area (Å²) in [6, 6.07) is 12.4. The van der Waals surface area contributed by atoms with E-state index in [1.54, 1.807) is 29.4 Å². The number of likely N-dealkylation sites (tertiary alicyclic amines) is 1. The van der Waals surface area contributed by atoms with Crippen molar-refractivity contribution >= 4 is 17.6 Å². The summed E-state index contributed by atoms with van der Waals surface area (Å²) in [5.41, 5.74) is 1.37. The van der Waals surface area contributed by atoms with Crippen molar-refractivity contribution in [1.82, 2.24) is 15.2 Å². The standard InChI is InChI=1S/C18H20N4O2/c23-17(14-5-2-1-3-6-14)22-12-4-7-16(13-22)21-18(24)20-15-8-10-19-11-9-15/h1-3,5-6,8-11,16H,4,7,12-13H2,(H2,19,20,21,24)/t16-/m0/s1. The topological polar surface area (TPSA) is 74.3 Å². The van der Waals surface area contributed by atoms with Crippen LogP contribution in [0.25, 0.3) is 0 Å². The van der Waals surface area contributed by atoms with Crippen LogP contribution in [0.4, 0.5) is 10.5 Å². The van der Waals surface area contributed by atoms with Gasteiger partial charge in [-0.05, 0) is 37.1 Å². The van der Waals surface area contributed by atoms with Crippen molar-refractivity contribution in [3.63, 3.8) is 0 Å². The second-order valence-corrected chi connectivity index (χ2v) is 5.79. The number of rotatable bonds is 3. The third kappa shape index (κ3) is 4.10. The highest BCUT2D eigenvalue weighted by molar-refractivity contribution is 5.94. The molecule has 0 saturated carbocycles. The molecule has 3 amide bonds. The van der Waals surface area contributed by atoms with Gasteiger partial charge in [0.05, 0.1) is 0 Å². The Morgan fingerprint density at radius 1 is 1.08 bits per heavy atom. The lowest BCUT2D eigenvalue weighted by molar-refractivity contribution is 0.0698. The molecule has 1 aromatic heterocycles. The fourth-order valence-electron chi connectivity index (χ4n) is 2.83. The second kappa shape index (κ2) is 7.59. The van der Waals surface area contributed by atoms with Gasteiger partial charge in [0.1, 0.15) is 0 Å². The SMILES string of the molecule is O=C(Nc1ccncc1)N[C@H]1CCCN(C(=O)c2ccccc2)C1. The largest absolute Gasteiger partial charge is 0.337 e. The zero-order valence-corrected chi connectivity index (χ0v) is 13.3. The number of amides is 3. The van der Waals surface area contributed by atoms with Gasteiger partial charge in [0.25, 0.3) is 5.91 Å². The van der Waals surface area contributed by atoms with Crippen LogP contribution in [0, 0.1) is 0 Å². The van der Waals surface area contributed by atoms with E-state index in [2.05, 4.69) is 15.6 Å². The van der Waals surface area contributed by atoms with Crippen LogP contribution in [-0.2, 0) is 0 Å². The summed E-state index contributed by atoms with van der Waals surface area (Å²) in [5.74, 6) is 0.0108. The summed E-state index contributed by atoms with van der Waals surface area (Å²) in [5, 5.41) is 5.71. The molecule has 24 heavy (non-hydrogen) atoms. The molecule has 6 heteroatoms. The van der Waals surface area contributed by atoms with Gasteiger partial charge in [0.2, 0.25) is 0 Å². The average molecular weight is 324 g/mol. The lowest BCUT2D eigenvalue weighted by atomic mass is 10.0. The lowest BCUT2D eigenvalue weighted by Crippen LogP contribution is -2.50. The monoisotopic (exact) mass is 324 g/mol. The number of hydrogen-bond donors (Lipinski definition) is 2. The van der Waals surface area contributed by atoms with Gasteiger partial charge >= 0.3 is 6.03 Å². The third-order valence-electron chi connectivity index (χ3n) is 4.00. The van der Waals surface area contributed by atoms with E-state index in [1.807, 2.05) is 30.3 Å². The van der Waals surface area contributed by atoms with Crippen molar-refractivity contribution in [2.45, 2.75) is 18.9 Å². The van der Waals surface area contributed by atoms with E-state index in [0.717, 1.165) is 19.4 Å². The molecule has 0 spiro atoms. The minimum atomic E-state index is -0.264. The zero-order valence-electron chi connectivity index (χ0n) is 13.3. The highest BCUT2D eigenvalue weighted by atomic mass is 16.2. The molecule has 1 fully saturated rings. The Bertz CT molecular complexity index is 691. The molecule has 1 aliphatic heterocycles. The number of nitrogens with one attached hydrogen (secondary N) is 2. The number of hydrogen-bond acceptors (Lipinski definition) is 3. The summed E-state index contributed by atoms with van der Waals surface area (Å²) in [6.07, 6.45) is 4.98. The van der Waals surface area contributed by atoms with E-state index in [0.29, 0.717) is 17.8 Å². The van der Waals surface area contributed by atoms with Crippen molar-refractivity contribution in [3.8, 4) is 0 Å². The van der Waals surface area contributed by atoms with E-state index < -0.39 is 0 Å². The highest BCUT2D eigenvalue weighted by Crippen LogP contribution is 2.14. The number of anilines is 1. The molecule has 1 aliphatic rings. The number of pyridine rings is 1. The van der Waals surface area contributed by atoms with Crippen LogP contribution in [-0.4, -0.2) is 41.0 Å². The quantitative estimate of drug-likeness (QED) is 0.911. The number of nitrogens with zero attached hydrogens (tertiary/aromatic N) is 2. The highest BCUT2D eigenvalue weighted by Gasteiger charge is 2.25. The first-order valence-electron chi connectivity index (χ1n) is 8.04. The molecule has 6 nitrogen and oxygen atoms in total. The normalized spacial score (nSPS) is 17.2. The fraction of sp³-hybridized carbons (Fsp3) is 0.278. The van der Waals surface area contributed by atoms with E-state index >= 15 is 0 Å². The Labute approximate surface area is 140 Å². The van der Waals surface area contributed by atoms with Crippen molar-refractivity contribution < 1.29 is 9.59 Å². The van der Waals surface area contributed by atoms with Crippen LogP contribution in [0.1, 0.15) is 23.2 Å². The van der Waals surface area contributed by atoms with Gasteiger partial charge in [-0.25, -0.2) is 4.79 Å². The lowest BCUT2D eigenvalue weighted by Gasteiger charge is -2.33. The van der Waals surface area contributed by atoms with Gasteiger partial charge in [-0.15, -0.1) is 0 Å². The van der Waals surface area contributed by atoms with Gasteiger partial charge in [0.15, 0.2) is 0 Å². The number of aromatic nitrogens is 1. The van der Waals surface area contributed by atoms with Gasteiger partial charge < -0.3 is 15.5 Å². The number of benzene rings is 1. The van der Waals surface area contributed by atoms with Crippen molar-refractivity contribution in [1.29, 1.82) is 0 Å². The molecule has 124 valence electrons. The number of carbonyl (C=O) groups is 2. The van der Waals surface area contributed by atoms with E-state index in [9.17, 15) is 9.59 Å². The van der Waals surface area contributed by atoms with Crippen molar-refractivity contribution in [3.05, 3.63) is 60.4 Å². The molecule has 1 atom stereocenters. The summed E-state index contributed by atoms with van der Waals surface area (Å²) in [7, 11) is 0. The predicted octanol–water partition coefficient (Wildman–Crippen LogP) is 2.51. The molecule has 0 aliphatic carbocycles. The summed E-state index contributed by atoms with van der Waals surface area (Å²) in [4.78, 5) is 30.3. The minimum absolute atomic E-state index is 0.0108. The van der Waals surface area contributed by atoms with Crippen LogP contribution in [0.3, 0.4) is 0 Å². The maximum absolute atomic E-state index is 12.5. The molecule has 1 aromatic carbocycles. The maximum Gasteiger partial charge on any atom is 0.319 e. The third-order valence-corrected chi connectivity index (χ3v) is 4.00. The molecule has 0 unspecified atom stereocenters. The molecular formula is C18H20N4O2. The van der Waals surface area contributed by atoms with Crippen LogP contribution in [0.2, 0.25) is 0 Å². The molecule has 0 bridgehead atoms. The van der Waals surface area contributed by atoms with E-state index in [-0.39, 0.29) is 18.0 Å². The molecule has 1 saturated heterocycles. The maximum atomic E-state index is 12.5. The van der Waals surface area contributed by atoms with E-state index in [1.165, 1.54) is 0 Å². The first-order valence-corrected chi connectivity index (χ1v) is 8.04. The molecule has 3 rings (SSSR count). The predicted molar refractivity (Wildman–Crippen MR) is 91.8 cm³/mol. The Hall–Kier alpha value is -2.89. The first-order chi connectivity index (χ1) is 11.7. The minimum Gasteiger partial charge on any atom is -0.337 e. The van der Waals surface area contributed by atoms with Crippen LogP contribution >= 0.6 is 0 Å². The van der Waals surface area contributed by atoms with Crippen LogP contribution < -0.4 is 10.6 Å². The average Bonchev–Trinajstić information content (AvgIpc) is 2.63. The Kier molecular flexibility index (Phi) is 5.05. The second-order valence-electron chi connectivity index (χ2n) is 5.79. The van der Waals surface area contributed by atoms with Crippen molar-refractivity contribution in [2.24, 2.45) is 0 Å². The molecule has 2 N–H and O–H groups in total. The smallest absolute Gasteiger partial charge is 0.319 e. The molecule has 0 radical (unpaired) electrons. The Morgan fingerprint density at radius 3 is 2.58 bits per heavy atom. The zero-order chi connectivity index (χ0) is 16.8. The van der Waals surface area contributed by atoms with Crippen LogP contribution in [0.5, 0.6) is 0 Å². The fourth-order valence-corrected chi connectivity index (χ4v) is 2.83. The van der Waals surface area contributed by atoms with Gasteiger partial charge in [-0.1, -0.05) is 18.2 Å². The molecular weight excluding hydrogens is 304 g/mol. The van der Waals surface area contributed by atoms with Gasteiger partial charge in [-0.2, -0.15) is 0 Å². The van der Waals surface area contributed by atoms with Crippen molar-refractivity contribution in [2.75, 3.05) is 18.4 Å². The van der Waals surface area contributed by atoms with Crippen LogP contribution in [0.15, 0.2) is 54.9 Å². The summed E-state index contributed by atoms with van der Waals surface area (Å²) in [6.45, 7) is 1.25. The number of piperidine rings is 1. The Balaban J connectivity index is 1.55. The first kappa shape index (κ1) is 16.0. The number of carbonyl (C=O) groups excluding carboxylic acids is 2. The Morgan fingerprint density at radius 2 is 1.83 bits per heavy atom. The van der Waals surface area contributed by atoms with Gasteiger partial charge in [-0.3, -0.25) is 9.78 Å². The number of urea groups is 1. The van der Waals surface area contributed by atoms with E-state index in [4.69, 9.17) is 0 Å². The summed E-state index contributed by atoms with van der Waals surface area (Å²) < 4.78 is 0. The van der Waals surface area contributed by atoms with Gasteiger partial charge in [0, 0.05) is 42.8 Å². The molecule has 2 aromatic rings. The molecule has 2 heterocycles. The summed E-state index contributed by atoms with van der Waals surface area (Å²) >= 11 is 0.